The highest BCUT2D eigenvalue weighted by atomic mass is 32.1. The largest absolute Gasteiger partial charge is 0.486 e. The van der Waals surface area contributed by atoms with Gasteiger partial charge in [-0.15, -0.1) is 11.3 Å². The van der Waals surface area contributed by atoms with Crippen LogP contribution in [0.1, 0.15) is 33.2 Å². The third kappa shape index (κ3) is 3.69. The summed E-state index contributed by atoms with van der Waals surface area (Å²) in [5.74, 6) is -0.667. The van der Waals surface area contributed by atoms with Gasteiger partial charge in [0.2, 0.25) is 0 Å². The van der Waals surface area contributed by atoms with Crippen LogP contribution in [-0.2, 0) is 14.2 Å². The van der Waals surface area contributed by atoms with E-state index >= 15 is 0 Å². The number of thiophene rings is 1. The lowest BCUT2D eigenvalue weighted by Crippen LogP contribution is -2.10. The van der Waals surface area contributed by atoms with Crippen LogP contribution in [-0.4, -0.2) is 51.6 Å². The molecule has 1 aromatic heterocycles. The molecule has 0 atom stereocenters. The van der Waals surface area contributed by atoms with E-state index in [-0.39, 0.29) is 47.7 Å². The van der Waals surface area contributed by atoms with Gasteiger partial charge in [0.15, 0.2) is 21.3 Å². The molecule has 0 spiro atoms. The number of carbonyl (C=O) groups is 2. The average Bonchev–Trinajstić information content (AvgIpc) is 2.89. The molecule has 2 heterocycles. The molecule has 2 rings (SSSR count). The Hall–Kier alpha value is -1.80. The van der Waals surface area contributed by atoms with E-state index in [9.17, 15) is 9.59 Å². The summed E-state index contributed by atoms with van der Waals surface area (Å²) in [6, 6.07) is 0. The summed E-state index contributed by atoms with van der Waals surface area (Å²) in [4.78, 5) is 24.5. The molecular formula is C14H18O7S. The molecule has 22 heavy (non-hydrogen) atoms. The number of hydrogen-bond acceptors (Lipinski definition) is 8. The number of rotatable bonds is 4. The molecule has 0 aromatic carbocycles. The Bertz CT molecular complexity index is 493. The first kappa shape index (κ1) is 16.6. The zero-order valence-corrected chi connectivity index (χ0v) is 13.3. The summed E-state index contributed by atoms with van der Waals surface area (Å²) in [5, 5.41) is 0. The Labute approximate surface area is 132 Å². The second-order valence-electron chi connectivity index (χ2n) is 4.17. The zero-order chi connectivity index (χ0) is 15.9. The first-order chi connectivity index (χ1) is 10.7. The van der Waals surface area contributed by atoms with E-state index in [1.165, 1.54) is 0 Å². The molecule has 0 fully saturated rings. The van der Waals surface area contributed by atoms with Gasteiger partial charge >= 0.3 is 11.9 Å². The predicted octanol–water partition coefficient (Wildman–Crippen LogP) is 1.89. The fraction of sp³-hybridized carbons (Fsp3) is 0.571. The van der Waals surface area contributed by atoms with Crippen molar-refractivity contribution in [2.24, 2.45) is 0 Å². The Kier molecular flexibility index (Phi) is 6.02. The molecule has 0 saturated carbocycles. The van der Waals surface area contributed by atoms with Crippen LogP contribution in [0.4, 0.5) is 0 Å². The summed E-state index contributed by atoms with van der Waals surface area (Å²) < 4.78 is 26.4. The molecule has 8 heteroatoms. The summed E-state index contributed by atoms with van der Waals surface area (Å²) in [7, 11) is 0. The van der Waals surface area contributed by atoms with Crippen LogP contribution in [0.3, 0.4) is 0 Å². The van der Waals surface area contributed by atoms with E-state index in [0.717, 1.165) is 11.3 Å². The molecular weight excluding hydrogens is 312 g/mol. The van der Waals surface area contributed by atoms with Crippen LogP contribution in [0, 0.1) is 0 Å². The quantitative estimate of drug-likeness (QED) is 0.780. The maximum atomic E-state index is 12.1. The van der Waals surface area contributed by atoms with Crippen molar-refractivity contribution in [3.63, 3.8) is 0 Å². The Morgan fingerprint density at radius 2 is 1.36 bits per heavy atom. The van der Waals surface area contributed by atoms with Gasteiger partial charge in [-0.1, -0.05) is 0 Å². The van der Waals surface area contributed by atoms with Crippen molar-refractivity contribution in [3.8, 4) is 11.5 Å². The van der Waals surface area contributed by atoms with Gasteiger partial charge in [-0.25, -0.2) is 9.59 Å². The molecule has 1 aliphatic heterocycles. The van der Waals surface area contributed by atoms with Crippen LogP contribution in [0.2, 0.25) is 0 Å². The van der Waals surface area contributed by atoms with E-state index in [2.05, 4.69) is 0 Å². The van der Waals surface area contributed by atoms with Crippen LogP contribution in [0.25, 0.3) is 0 Å². The normalized spacial score (nSPS) is 14.5. The molecule has 0 N–H and O–H groups in total. The first-order valence-electron chi connectivity index (χ1n) is 7.03. The van der Waals surface area contributed by atoms with Gasteiger partial charge < -0.3 is 23.7 Å². The Morgan fingerprint density at radius 3 is 1.77 bits per heavy atom. The lowest BCUT2D eigenvalue weighted by Gasteiger charge is -2.08. The topological polar surface area (TPSA) is 80.3 Å². The van der Waals surface area contributed by atoms with Crippen molar-refractivity contribution in [2.45, 2.75) is 13.8 Å². The van der Waals surface area contributed by atoms with Crippen molar-refractivity contribution >= 4 is 23.3 Å². The third-order valence-electron chi connectivity index (χ3n) is 2.69. The third-order valence-corrected chi connectivity index (χ3v) is 3.80. The van der Waals surface area contributed by atoms with Gasteiger partial charge in [0.05, 0.1) is 26.4 Å². The Balaban J connectivity index is 2.43. The lowest BCUT2D eigenvalue weighted by molar-refractivity contribution is 0.0517. The fourth-order valence-electron chi connectivity index (χ4n) is 1.83. The molecule has 0 amide bonds. The van der Waals surface area contributed by atoms with Crippen LogP contribution >= 0.6 is 11.3 Å². The van der Waals surface area contributed by atoms with Gasteiger partial charge in [-0.2, -0.15) is 0 Å². The first-order valence-corrected chi connectivity index (χ1v) is 7.85. The van der Waals surface area contributed by atoms with Gasteiger partial charge in [-0.3, -0.25) is 0 Å². The summed E-state index contributed by atoms with van der Waals surface area (Å²) >= 11 is 0.957. The minimum absolute atomic E-state index is 0.196. The number of fused-ring (bicyclic) bond motifs is 1. The molecule has 0 aliphatic carbocycles. The van der Waals surface area contributed by atoms with Crippen LogP contribution in [0.5, 0.6) is 11.5 Å². The SMILES string of the molecule is CCOC(=O)c1sc(C(=O)OCC)c2c1OCCOCCO2. The van der Waals surface area contributed by atoms with Crippen molar-refractivity contribution in [1.82, 2.24) is 0 Å². The molecule has 0 radical (unpaired) electrons. The zero-order valence-electron chi connectivity index (χ0n) is 12.5. The summed E-state index contributed by atoms with van der Waals surface area (Å²) in [6.45, 7) is 5.11. The molecule has 122 valence electrons. The van der Waals surface area contributed by atoms with Crippen LogP contribution < -0.4 is 9.47 Å². The monoisotopic (exact) mass is 330 g/mol. The molecule has 1 aliphatic rings. The molecule has 1 aromatic rings. The van der Waals surface area contributed by atoms with Gasteiger partial charge in [-0.05, 0) is 13.8 Å². The second-order valence-corrected chi connectivity index (χ2v) is 5.19. The molecule has 0 unspecified atom stereocenters. The average molecular weight is 330 g/mol. The molecule has 0 saturated heterocycles. The standard InChI is InChI=1S/C14H18O7S/c1-3-18-13(15)11-9-10(12(22-11)14(16)19-4-2)21-8-6-17-5-7-20-9/h3-8H2,1-2H3. The van der Waals surface area contributed by atoms with Gasteiger partial charge in [0.25, 0.3) is 0 Å². The van der Waals surface area contributed by atoms with Gasteiger partial charge in [0.1, 0.15) is 13.2 Å². The van der Waals surface area contributed by atoms with E-state index in [4.69, 9.17) is 23.7 Å². The number of hydrogen-bond donors (Lipinski definition) is 0. The highest BCUT2D eigenvalue weighted by molar-refractivity contribution is 7.16. The van der Waals surface area contributed by atoms with Crippen LogP contribution in [0.15, 0.2) is 0 Å². The van der Waals surface area contributed by atoms with E-state index in [0.29, 0.717) is 13.2 Å². The number of carbonyl (C=O) groups excluding carboxylic acids is 2. The fourth-order valence-corrected chi connectivity index (χ4v) is 2.81. The predicted molar refractivity (Wildman–Crippen MR) is 78.0 cm³/mol. The Morgan fingerprint density at radius 1 is 0.909 bits per heavy atom. The maximum Gasteiger partial charge on any atom is 0.352 e. The lowest BCUT2D eigenvalue weighted by atomic mass is 10.3. The van der Waals surface area contributed by atoms with Gasteiger partial charge in [0, 0.05) is 0 Å². The van der Waals surface area contributed by atoms with Crippen molar-refractivity contribution in [2.75, 3.05) is 39.6 Å². The summed E-state index contributed by atoms with van der Waals surface area (Å²) in [6.07, 6.45) is 0. The van der Waals surface area contributed by atoms with E-state index < -0.39 is 11.9 Å². The molecule has 7 nitrogen and oxygen atoms in total. The maximum absolute atomic E-state index is 12.1. The minimum atomic E-state index is -0.553. The minimum Gasteiger partial charge on any atom is -0.486 e. The van der Waals surface area contributed by atoms with Crippen molar-refractivity contribution < 1.29 is 33.3 Å². The number of ether oxygens (including phenoxy) is 5. The number of esters is 2. The smallest absolute Gasteiger partial charge is 0.352 e. The molecule has 0 bridgehead atoms. The van der Waals surface area contributed by atoms with E-state index in [1.54, 1.807) is 13.8 Å². The van der Waals surface area contributed by atoms with Crippen molar-refractivity contribution in [3.05, 3.63) is 9.75 Å². The highest BCUT2D eigenvalue weighted by Gasteiger charge is 2.31. The van der Waals surface area contributed by atoms with Crippen molar-refractivity contribution in [1.29, 1.82) is 0 Å². The highest BCUT2D eigenvalue weighted by Crippen LogP contribution is 2.43. The summed E-state index contributed by atoms with van der Waals surface area (Å²) in [5.41, 5.74) is 0. The van der Waals surface area contributed by atoms with E-state index in [1.807, 2.05) is 0 Å². The second kappa shape index (κ2) is 8.00.